The predicted octanol–water partition coefficient (Wildman–Crippen LogP) is 0.701. The summed E-state index contributed by atoms with van der Waals surface area (Å²) in [6.07, 6.45) is 0.265. The molecule has 0 aromatic rings. The fourth-order valence-corrected chi connectivity index (χ4v) is 0.796. The lowest BCUT2D eigenvalue weighted by Gasteiger charge is -2.09. The first kappa shape index (κ1) is 13.8. The molecule has 0 heterocycles. The average molecular weight is 215 g/mol. The van der Waals surface area contributed by atoms with Crippen molar-refractivity contribution < 1.29 is 19.0 Å². The van der Waals surface area contributed by atoms with Crippen LogP contribution in [0.4, 0.5) is 4.79 Å². The molecule has 15 heavy (non-hydrogen) atoms. The van der Waals surface area contributed by atoms with Gasteiger partial charge in [-0.15, -0.1) is 0 Å². The van der Waals surface area contributed by atoms with E-state index >= 15 is 0 Å². The van der Waals surface area contributed by atoms with Crippen LogP contribution in [-0.4, -0.2) is 32.7 Å². The minimum absolute atomic E-state index is 0.0902. The highest BCUT2D eigenvalue weighted by atomic mass is 16.5. The quantitative estimate of drug-likeness (QED) is 0.402. The van der Waals surface area contributed by atoms with E-state index in [1.165, 1.54) is 0 Å². The molecule has 0 spiro atoms. The summed E-state index contributed by atoms with van der Waals surface area (Å²) in [7, 11) is 0.332. The van der Waals surface area contributed by atoms with Crippen LogP contribution in [0.5, 0.6) is 0 Å². The second-order valence-corrected chi connectivity index (χ2v) is 3.12. The van der Waals surface area contributed by atoms with Gasteiger partial charge in [-0.2, -0.15) is 0 Å². The van der Waals surface area contributed by atoms with Gasteiger partial charge < -0.3 is 14.7 Å². The van der Waals surface area contributed by atoms with Gasteiger partial charge in [0.25, 0.3) is 0 Å². The molecule has 5 nitrogen and oxygen atoms in total. The van der Waals surface area contributed by atoms with Crippen LogP contribution in [-0.2, 0) is 14.2 Å². The summed E-state index contributed by atoms with van der Waals surface area (Å²) in [4.78, 5) is 22.0. The third-order valence-electron chi connectivity index (χ3n) is 1.91. The van der Waals surface area contributed by atoms with Gasteiger partial charge >= 0.3 is 19.5 Å². The number of nitrogens with one attached hydrogen (secondary N) is 1. The van der Waals surface area contributed by atoms with Crippen LogP contribution in [0.2, 0.25) is 6.82 Å². The lowest BCUT2D eigenvalue weighted by Crippen LogP contribution is -2.29. The smallest absolute Gasteiger partial charge is 0.389 e. The summed E-state index contributed by atoms with van der Waals surface area (Å²) in [5.41, 5.74) is 0. The minimum Gasteiger partial charge on any atom is -0.525 e. The zero-order chi connectivity index (χ0) is 11.7. The van der Waals surface area contributed by atoms with Crippen LogP contribution < -0.4 is 5.32 Å². The van der Waals surface area contributed by atoms with Crippen LogP contribution in [0, 0.1) is 5.92 Å². The van der Waals surface area contributed by atoms with Crippen molar-refractivity contribution >= 4 is 19.5 Å². The highest BCUT2D eigenvalue weighted by Crippen LogP contribution is 2.02. The van der Waals surface area contributed by atoms with E-state index in [1.807, 2.05) is 6.92 Å². The average Bonchev–Trinajstić information content (AvgIpc) is 2.23. The molecule has 0 fully saturated rings. The molecular formula is C9H18BNO4. The molecule has 6 heteroatoms. The molecule has 0 saturated heterocycles. The van der Waals surface area contributed by atoms with Crippen molar-refractivity contribution in [3.8, 4) is 0 Å². The molecule has 0 aliphatic heterocycles. The highest BCUT2D eigenvalue weighted by molar-refractivity contribution is 6.28. The molecule has 0 aliphatic rings. The molecule has 0 aliphatic carbocycles. The number of ether oxygens (including phenoxy) is 1. The standard InChI is InChI=1S/C9H18BNO4/c1-4-7(2)8(12)14-6-5-11-9(13)15-10-3/h7,10H,4-6H2,1-3H3,(H,11,13). The number of hydrogen-bond donors (Lipinski definition) is 1. The molecule has 1 unspecified atom stereocenters. The fourth-order valence-electron chi connectivity index (χ4n) is 0.796. The fraction of sp³-hybridized carbons (Fsp3) is 0.778. The maximum absolute atomic E-state index is 11.2. The largest absolute Gasteiger partial charge is 0.525 e. The van der Waals surface area contributed by atoms with E-state index < -0.39 is 6.09 Å². The van der Waals surface area contributed by atoms with Gasteiger partial charge in [0.05, 0.1) is 12.5 Å². The Bertz CT molecular complexity index is 210. The lowest BCUT2D eigenvalue weighted by molar-refractivity contribution is -0.147. The lowest BCUT2D eigenvalue weighted by atomic mass is 10.1. The minimum atomic E-state index is -0.489. The Labute approximate surface area is 90.8 Å². The highest BCUT2D eigenvalue weighted by Gasteiger charge is 2.11. The number of esters is 1. The van der Waals surface area contributed by atoms with Crippen molar-refractivity contribution in [3.05, 3.63) is 0 Å². The molecular weight excluding hydrogens is 197 g/mol. The molecule has 86 valence electrons. The van der Waals surface area contributed by atoms with Gasteiger partial charge in [0.15, 0.2) is 0 Å². The topological polar surface area (TPSA) is 64.6 Å². The first-order valence-electron chi connectivity index (χ1n) is 5.19. The zero-order valence-electron chi connectivity index (χ0n) is 9.54. The summed E-state index contributed by atoms with van der Waals surface area (Å²) in [6.45, 7) is 5.91. The summed E-state index contributed by atoms with van der Waals surface area (Å²) in [5.74, 6) is -0.323. The van der Waals surface area contributed by atoms with E-state index in [0.717, 1.165) is 6.42 Å². The zero-order valence-corrected chi connectivity index (χ0v) is 9.54. The Morgan fingerprint density at radius 1 is 1.47 bits per heavy atom. The Balaban J connectivity index is 3.46. The number of carbonyl (C=O) groups excluding carboxylic acids is 2. The molecule has 0 aromatic heterocycles. The first-order chi connectivity index (χ1) is 7.11. The van der Waals surface area contributed by atoms with Crippen LogP contribution in [0.3, 0.4) is 0 Å². The van der Waals surface area contributed by atoms with Crippen LogP contribution >= 0.6 is 0 Å². The van der Waals surface area contributed by atoms with Gasteiger partial charge in [0.2, 0.25) is 0 Å². The molecule has 0 saturated carbocycles. The molecule has 0 aromatic carbocycles. The molecule has 0 rings (SSSR count). The predicted molar refractivity (Wildman–Crippen MR) is 57.9 cm³/mol. The number of hydrogen-bond acceptors (Lipinski definition) is 4. The third kappa shape index (κ3) is 6.82. The van der Waals surface area contributed by atoms with Crippen molar-refractivity contribution in [2.24, 2.45) is 5.92 Å². The first-order valence-corrected chi connectivity index (χ1v) is 5.19. The third-order valence-corrected chi connectivity index (χ3v) is 1.91. The molecule has 1 amide bonds. The second-order valence-electron chi connectivity index (χ2n) is 3.12. The summed E-state index contributed by atoms with van der Waals surface area (Å²) < 4.78 is 9.54. The van der Waals surface area contributed by atoms with Crippen LogP contribution in [0.1, 0.15) is 20.3 Å². The van der Waals surface area contributed by atoms with E-state index in [0.29, 0.717) is 7.48 Å². The SMILES string of the molecule is CBOC(=O)NCCOC(=O)C(C)CC. The number of carbonyl (C=O) groups is 2. The molecule has 0 radical (unpaired) electrons. The van der Waals surface area contributed by atoms with Crippen molar-refractivity contribution in [3.63, 3.8) is 0 Å². The molecule has 1 N–H and O–H groups in total. The summed E-state index contributed by atoms with van der Waals surface area (Å²) >= 11 is 0. The maximum Gasteiger partial charge on any atom is 0.389 e. The summed E-state index contributed by atoms with van der Waals surface area (Å²) in [5, 5.41) is 2.46. The van der Waals surface area contributed by atoms with Gasteiger partial charge in [0.1, 0.15) is 6.61 Å². The Hall–Kier alpha value is -1.20. The van der Waals surface area contributed by atoms with Gasteiger partial charge in [-0.3, -0.25) is 4.79 Å². The van der Waals surface area contributed by atoms with Gasteiger partial charge in [-0.25, -0.2) is 4.79 Å². The molecule has 1 atom stereocenters. The van der Waals surface area contributed by atoms with Crippen LogP contribution in [0.15, 0.2) is 0 Å². The maximum atomic E-state index is 11.2. The van der Waals surface area contributed by atoms with Crippen molar-refractivity contribution in [2.75, 3.05) is 13.2 Å². The van der Waals surface area contributed by atoms with E-state index in [2.05, 4.69) is 9.97 Å². The summed E-state index contributed by atoms with van der Waals surface area (Å²) in [6, 6.07) is 0. The van der Waals surface area contributed by atoms with Crippen molar-refractivity contribution in [1.82, 2.24) is 5.32 Å². The monoisotopic (exact) mass is 215 g/mol. The van der Waals surface area contributed by atoms with Gasteiger partial charge in [0, 0.05) is 0 Å². The normalized spacial score (nSPS) is 11.4. The second kappa shape index (κ2) is 8.14. The van der Waals surface area contributed by atoms with E-state index in [4.69, 9.17) is 4.74 Å². The Morgan fingerprint density at radius 2 is 2.13 bits per heavy atom. The van der Waals surface area contributed by atoms with Crippen molar-refractivity contribution in [2.45, 2.75) is 27.1 Å². The van der Waals surface area contributed by atoms with Crippen molar-refractivity contribution in [1.29, 1.82) is 0 Å². The Morgan fingerprint density at radius 3 is 2.67 bits per heavy atom. The number of rotatable bonds is 6. The van der Waals surface area contributed by atoms with E-state index in [9.17, 15) is 9.59 Å². The van der Waals surface area contributed by atoms with Gasteiger partial charge in [-0.1, -0.05) is 20.7 Å². The van der Waals surface area contributed by atoms with E-state index in [1.54, 1.807) is 13.7 Å². The number of amides is 1. The van der Waals surface area contributed by atoms with Crippen LogP contribution in [0.25, 0.3) is 0 Å². The van der Waals surface area contributed by atoms with E-state index in [-0.39, 0.29) is 25.0 Å². The van der Waals surface area contributed by atoms with Gasteiger partial charge in [-0.05, 0) is 6.42 Å². The Kier molecular flexibility index (Phi) is 7.49. The molecule has 0 bridgehead atoms.